The quantitative estimate of drug-likeness (QED) is 0.765. The summed E-state index contributed by atoms with van der Waals surface area (Å²) in [6, 6.07) is 13.1. The van der Waals surface area contributed by atoms with Crippen LogP contribution < -0.4 is 5.32 Å². The van der Waals surface area contributed by atoms with E-state index in [1.54, 1.807) is 0 Å². The van der Waals surface area contributed by atoms with E-state index in [2.05, 4.69) is 66.4 Å². The molecule has 0 aliphatic carbocycles. The van der Waals surface area contributed by atoms with E-state index in [9.17, 15) is 0 Å². The van der Waals surface area contributed by atoms with Crippen molar-refractivity contribution in [3.63, 3.8) is 0 Å². The number of hydrogen-bond acceptors (Lipinski definition) is 3. The Hall–Kier alpha value is -2.26. The minimum absolute atomic E-state index is 0.0449. The van der Waals surface area contributed by atoms with Crippen LogP contribution in [0.4, 0.5) is 0 Å². The molecule has 0 fully saturated rings. The summed E-state index contributed by atoms with van der Waals surface area (Å²) in [5.74, 6) is 0. The van der Waals surface area contributed by atoms with Crippen molar-refractivity contribution in [2.75, 3.05) is 6.54 Å². The van der Waals surface area contributed by atoms with Gasteiger partial charge in [-0.05, 0) is 41.6 Å². The molecule has 0 saturated heterocycles. The summed E-state index contributed by atoms with van der Waals surface area (Å²) >= 11 is 0. The molecule has 1 unspecified atom stereocenters. The van der Waals surface area contributed by atoms with Crippen molar-refractivity contribution in [2.45, 2.75) is 32.2 Å². The lowest BCUT2D eigenvalue weighted by molar-refractivity contribution is 0.434. The molecule has 3 rings (SSSR count). The van der Waals surface area contributed by atoms with Crippen molar-refractivity contribution in [3.8, 4) is 0 Å². The van der Waals surface area contributed by atoms with E-state index in [0.717, 1.165) is 6.54 Å². The topological polar surface area (TPSA) is 37.8 Å². The van der Waals surface area contributed by atoms with Crippen molar-refractivity contribution in [2.24, 2.45) is 0 Å². The van der Waals surface area contributed by atoms with Crippen LogP contribution in [0.15, 0.2) is 61.2 Å². The number of rotatable bonds is 5. The molecule has 0 radical (unpaired) electrons. The second kappa shape index (κ2) is 6.47. The fraction of sp³-hybridized carbons (Fsp3) is 0.300. The minimum Gasteiger partial charge on any atom is -0.309 e. The second-order valence-corrected chi connectivity index (χ2v) is 6.71. The van der Waals surface area contributed by atoms with Crippen LogP contribution in [0.5, 0.6) is 0 Å². The van der Waals surface area contributed by atoms with Crippen LogP contribution in [-0.4, -0.2) is 16.5 Å². The van der Waals surface area contributed by atoms with Gasteiger partial charge in [0.1, 0.15) is 0 Å². The van der Waals surface area contributed by atoms with Gasteiger partial charge in [-0.25, -0.2) is 0 Å². The molecule has 118 valence electrons. The number of fused-ring (bicyclic) bond motifs is 1. The van der Waals surface area contributed by atoms with Crippen molar-refractivity contribution in [1.29, 1.82) is 0 Å². The number of aromatic nitrogens is 2. The average Bonchev–Trinajstić information content (AvgIpc) is 2.60. The highest BCUT2D eigenvalue weighted by molar-refractivity contribution is 5.82. The van der Waals surface area contributed by atoms with Gasteiger partial charge in [-0.2, -0.15) is 0 Å². The fourth-order valence-corrected chi connectivity index (χ4v) is 2.76. The fourth-order valence-electron chi connectivity index (χ4n) is 2.76. The molecule has 2 heterocycles. The van der Waals surface area contributed by atoms with Crippen LogP contribution in [-0.2, 0) is 5.41 Å². The molecule has 0 bridgehead atoms. The molecule has 0 saturated carbocycles. The molecule has 3 nitrogen and oxygen atoms in total. The Morgan fingerprint density at radius 3 is 2.61 bits per heavy atom. The summed E-state index contributed by atoms with van der Waals surface area (Å²) in [7, 11) is 0. The molecule has 23 heavy (non-hydrogen) atoms. The van der Waals surface area contributed by atoms with Gasteiger partial charge < -0.3 is 5.32 Å². The lowest BCUT2D eigenvalue weighted by Crippen LogP contribution is -2.34. The van der Waals surface area contributed by atoms with E-state index >= 15 is 0 Å². The van der Waals surface area contributed by atoms with Gasteiger partial charge in [0.25, 0.3) is 0 Å². The molecule has 0 aliphatic heterocycles. The van der Waals surface area contributed by atoms with E-state index in [0.29, 0.717) is 6.04 Å². The monoisotopic (exact) mass is 305 g/mol. The Balaban J connectivity index is 1.72. The molecule has 0 aliphatic rings. The number of nitrogens with zero attached hydrogens (tertiary/aromatic N) is 2. The van der Waals surface area contributed by atoms with E-state index in [1.165, 1.54) is 21.9 Å². The van der Waals surface area contributed by atoms with Crippen LogP contribution in [0.25, 0.3) is 10.8 Å². The van der Waals surface area contributed by atoms with Crippen LogP contribution in [0, 0.1) is 0 Å². The third-order valence-corrected chi connectivity index (χ3v) is 4.46. The first kappa shape index (κ1) is 15.6. The molecular weight excluding hydrogens is 282 g/mol. The third-order valence-electron chi connectivity index (χ3n) is 4.46. The lowest BCUT2D eigenvalue weighted by Gasteiger charge is -2.27. The molecule has 3 heteroatoms. The van der Waals surface area contributed by atoms with E-state index in [1.807, 2.05) is 30.9 Å². The van der Waals surface area contributed by atoms with Crippen molar-refractivity contribution in [3.05, 3.63) is 72.3 Å². The number of benzene rings is 1. The molecule has 1 N–H and O–H groups in total. The first-order chi connectivity index (χ1) is 11.1. The lowest BCUT2D eigenvalue weighted by atomic mass is 9.85. The summed E-state index contributed by atoms with van der Waals surface area (Å²) in [5.41, 5.74) is 2.60. The zero-order valence-corrected chi connectivity index (χ0v) is 14.0. The number of pyridine rings is 2. The maximum absolute atomic E-state index is 4.24. The van der Waals surface area contributed by atoms with Crippen molar-refractivity contribution in [1.82, 2.24) is 15.3 Å². The Bertz CT molecular complexity index is 781. The van der Waals surface area contributed by atoms with Gasteiger partial charge in [-0.3, -0.25) is 9.97 Å². The summed E-state index contributed by atoms with van der Waals surface area (Å²) in [6.07, 6.45) is 7.52. The summed E-state index contributed by atoms with van der Waals surface area (Å²) in [6.45, 7) is 7.60. The standard InChI is InChI=1S/C20H23N3/c1-15(16-6-7-18-12-22-10-8-17(18)11-16)23-14-20(2,3)19-5-4-9-21-13-19/h4-13,15,23H,14H2,1-3H3. The van der Waals surface area contributed by atoms with Gasteiger partial charge in [0.15, 0.2) is 0 Å². The third kappa shape index (κ3) is 3.57. The molecule has 1 aromatic carbocycles. The predicted octanol–water partition coefficient (Wildman–Crippen LogP) is 4.26. The molecule has 0 amide bonds. The SMILES string of the molecule is CC(NCC(C)(C)c1cccnc1)c1ccc2cnccc2c1. The van der Waals surface area contributed by atoms with Gasteiger partial charge >= 0.3 is 0 Å². The first-order valence-corrected chi connectivity index (χ1v) is 8.04. The summed E-state index contributed by atoms with van der Waals surface area (Å²) in [4.78, 5) is 8.40. The zero-order chi connectivity index (χ0) is 16.3. The van der Waals surface area contributed by atoms with Crippen LogP contribution in [0.3, 0.4) is 0 Å². The van der Waals surface area contributed by atoms with E-state index < -0.39 is 0 Å². The van der Waals surface area contributed by atoms with Crippen molar-refractivity contribution < 1.29 is 0 Å². The molecule has 3 aromatic rings. The largest absolute Gasteiger partial charge is 0.309 e. The number of nitrogens with one attached hydrogen (secondary N) is 1. The normalized spacial score (nSPS) is 13.2. The predicted molar refractivity (Wildman–Crippen MR) is 95.4 cm³/mol. The number of hydrogen-bond donors (Lipinski definition) is 1. The molecule has 1 atom stereocenters. The maximum Gasteiger partial charge on any atom is 0.0346 e. The average molecular weight is 305 g/mol. The highest BCUT2D eigenvalue weighted by Crippen LogP contribution is 2.24. The van der Waals surface area contributed by atoms with Gasteiger partial charge in [0.05, 0.1) is 0 Å². The van der Waals surface area contributed by atoms with E-state index in [-0.39, 0.29) is 5.41 Å². The maximum atomic E-state index is 4.24. The Morgan fingerprint density at radius 1 is 1.00 bits per heavy atom. The summed E-state index contributed by atoms with van der Waals surface area (Å²) in [5, 5.41) is 6.07. The van der Waals surface area contributed by atoms with Gasteiger partial charge in [0, 0.05) is 48.2 Å². The van der Waals surface area contributed by atoms with E-state index in [4.69, 9.17) is 0 Å². The second-order valence-electron chi connectivity index (χ2n) is 6.71. The highest BCUT2D eigenvalue weighted by atomic mass is 14.9. The highest BCUT2D eigenvalue weighted by Gasteiger charge is 2.21. The summed E-state index contributed by atoms with van der Waals surface area (Å²) < 4.78 is 0. The smallest absolute Gasteiger partial charge is 0.0346 e. The van der Waals surface area contributed by atoms with Gasteiger partial charge in [-0.15, -0.1) is 0 Å². The molecule has 2 aromatic heterocycles. The van der Waals surface area contributed by atoms with Crippen molar-refractivity contribution >= 4 is 10.8 Å². The Labute approximate surface area is 137 Å². The van der Waals surface area contributed by atoms with Crippen LogP contribution in [0.1, 0.15) is 37.9 Å². The Morgan fingerprint density at radius 2 is 1.83 bits per heavy atom. The molecule has 0 spiro atoms. The Kier molecular flexibility index (Phi) is 4.39. The molecular formula is C20H23N3. The van der Waals surface area contributed by atoms with Crippen LogP contribution in [0.2, 0.25) is 0 Å². The van der Waals surface area contributed by atoms with Gasteiger partial charge in [0.2, 0.25) is 0 Å². The van der Waals surface area contributed by atoms with Crippen LogP contribution >= 0.6 is 0 Å². The minimum atomic E-state index is 0.0449. The van der Waals surface area contributed by atoms with Gasteiger partial charge in [-0.1, -0.05) is 32.0 Å². The zero-order valence-electron chi connectivity index (χ0n) is 14.0. The first-order valence-electron chi connectivity index (χ1n) is 8.04.